The summed E-state index contributed by atoms with van der Waals surface area (Å²) >= 11 is 0. The number of likely N-dealkylation sites (tertiary alicyclic amines) is 1. The van der Waals surface area contributed by atoms with Crippen molar-refractivity contribution in [3.63, 3.8) is 0 Å². The van der Waals surface area contributed by atoms with E-state index in [-0.39, 0.29) is 0 Å². The second-order valence-electron chi connectivity index (χ2n) is 8.22. The standard InChI is InChI=1S/C28H28N2O/c1-4-10-22(11-5-1)26-21-24-20-25(31-19-18-30-16-8-3-9-17-30)14-15-27(24)29-28(26)23-12-6-2-7-13-23/h1-2,4-7,10-15,20-21H,3,8-9,16-19H2. The highest BCUT2D eigenvalue weighted by atomic mass is 16.5. The van der Waals surface area contributed by atoms with Gasteiger partial charge in [-0.15, -0.1) is 0 Å². The third-order valence-electron chi connectivity index (χ3n) is 6.04. The average molecular weight is 409 g/mol. The summed E-state index contributed by atoms with van der Waals surface area (Å²) in [4.78, 5) is 7.56. The Hall–Kier alpha value is -3.17. The van der Waals surface area contributed by atoms with Crippen molar-refractivity contribution in [1.29, 1.82) is 0 Å². The predicted molar refractivity (Wildman–Crippen MR) is 128 cm³/mol. The molecule has 4 aromatic rings. The van der Waals surface area contributed by atoms with Crippen LogP contribution in [0.25, 0.3) is 33.3 Å². The molecule has 1 aliphatic heterocycles. The second kappa shape index (κ2) is 9.32. The minimum Gasteiger partial charge on any atom is -0.492 e. The lowest BCUT2D eigenvalue weighted by atomic mass is 9.97. The highest BCUT2D eigenvalue weighted by Crippen LogP contribution is 2.34. The Morgan fingerprint density at radius 2 is 1.45 bits per heavy atom. The number of nitrogens with zero attached hydrogens (tertiary/aromatic N) is 2. The summed E-state index contributed by atoms with van der Waals surface area (Å²) in [5.74, 6) is 0.915. The van der Waals surface area contributed by atoms with Gasteiger partial charge in [-0.05, 0) is 55.8 Å². The third kappa shape index (κ3) is 4.62. The van der Waals surface area contributed by atoms with Gasteiger partial charge >= 0.3 is 0 Å². The highest BCUT2D eigenvalue weighted by Gasteiger charge is 2.13. The molecule has 1 aliphatic rings. The summed E-state index contributed by atoms with van der Waals surface area (Å²) in [5.41, 5.74) is 5.45. The molecular formula is C28H28N2O. The number of hydrogen-bond acceptors (Lipinski definition) is 3. The van der Waals surface area contributed by atoms with Crippen LogP contribution in [0.4, 0.5) is 0 Å². The summed E-state index contributed by atoms with van der Waals surface area (Å²) in [5, 5.41) is 1.11. The molecule has 0 saturated carbocycles. The Morgan fingerprint density at radius 1 is 0.742 bits per heavy atom. The molecule has 3 aromatic carbocycles. The van der Waals surface area contributed by atoms with Crippen LogP contribution < -0.4 is 4.74 Å². The topological polar surface area (TPSA) is 25.4 Å². The molecular weight excluding hydrogens is 380 g/mol. The van der Waals surface area contributed by atoms with Crippen molar-refractivity contribution in [1.82, 2.24) is 9.88 Å². The molecule has 2 heterocycles. The Morgan fingerprint density at radius 3 is 2.19 bits per heavy atom. The summed E-state index contributed by atoms with van der Waals surface area (Å²) < 4.78 is 6.11. The van der Waals surface area contributed by atoms with Crippen LogP contribution in [0.5, 0.6) is 5.75 Å². The van der Waals surface area contributed by atoms with E-state index in [4.69, 9.17) is 9.72 Å². The molecule has 0 spiro atoms. The number of pyridine rings is 1. The maximum Gasteiger partial charge on any atom is 0.120 e. The van der Waals surface area contributed by atoms with E-state index in [0.29, 0.717) is 0 Å². The maximum absolute atomic E-state index is 6.11. The normalized spacial score (nSPS) is 14.6. The van der Waals surface area contributed by atoms with Gasteiger partial charge in [-0.25, -0.2) is 4.98 Å². The summed E-state index contributed by atoms with van der Waals surface area (Å²) in [6.45, 7) is 4.13. The summed E-state index contributed by atoms with van der Waals surface area (Å²) in [6, 6.07) is 29.4. The Balaban J connectivity index is 1.45. The van der Waals surface area contributed by atoms with E-state index in [1.54, 1.807) is 0 Å². The minimum absolute atomic E-state index is 0.729. The quantitative estimate of drug-likeness (QED) is 0.367. The first kappa shape index (κ1) is 19.8. The monoisotopic (exact) mass is 408 g/mol. The van der Waals surface area contributed by atoms with E-state index in [0.717, 1.165) is 46.6 Å². The van der Waals surface area contributed by atoms with Gasteiger partial charge in [0.2, 0.25) is 0 Å². The van der Waals surface area contributed by atoms with Gasteiger partial charge in [0.15, 0.2) is 0 Å². The largest absolute Gasteiger partial charge is 0.492 e. The van der Waals surface area contributed by atoms with Gasteiger partial charge in [-0.3, -0.25) is 4.90 Å². The van der Waals surface area contributed by atoms with Crippen LogP contribution >= 0.6 is 0 Å². The smallest absolute Gasteiger partial charge is 0.120 e. The zero-order chi connectivity index (χ0) is 20.9. The lowest BCUT2D eigenvalue weighted by Gasteiger charge is -2.26. The van der Waals surface area contributed by atoms with E-state index < -0.39 is 0 Å². The fourth-order valence-corrected chi connectivity index (χ4v) is 4.37. The molecule has 0 aliphatic carbocycles. The van der Waals surface area contributed by atoms with Crippen molar-refractivity contribution in [2.75, 3.05) is 26.2 Å². The molecule has 0 atom stereocenters. The van der Waals surface area contributed by atoms with Crippen LogP contribution in [0.1, 0.15) is 19.3 Å². The van der Waals surface area contributed by atoms with Crippen molar-refractivity contribution in [2.24, 2.45) is 0 Å². The molecule has 156 valence electrons. The van der Waals surface area contributed by atoms with Gasteiger partial charge in [-0.2, -0.15) is 0 Å². The number of ether oxygens (including phenoxy) is 1. The molecule has 0 N–H and O–H groups in total. The van der Waals surface area contributed by atoms with E-state index in [1.807, 2.05) is 12.1 Å². The van der Waals surface area contributed by atoms with Gasteiger partial charge in [-0.1, -0.05) is 67.1 Å². The number of fused-ring (bicyclic) bond motifs is 1. The highest BCUT2D eigenvalue weighted by molar-refractivity contribution is 5.92. The van der Waals surface area contributed by atoms with E-state index >= 15 is 0 Å². The number of piperidine rings is 1. The number of aromatic nitrogens is 1. The van der Waals surface area contributed by atoms with Gasteiger partial charge in [0.05, 0.1) is 11.2 Å². The molecule has 1 saturated heterocycles. The zero-order valence-corrected chi connectivity index (χ0v) is 17.8. The van der Waals surface area contributed by atoms with Gasteiger partial charge < -0.3 is 4.74 Å². The van der Waals surface area contributed by atoms with Crippen LogP contribution in [0, 0.1) is 0 Å². The number of hydrogen-bond donors (Lipinski definition) is 0. The first-order valence-corrected chi connectivity index (χ1v) is 11.3. The molecule has 31 heavy (non-hydrogen) atoms. The van der Waals surface area contributed by atoms with Crippen LogP contribution in [0.3, 0.4) is 0 Å². The molecule has 5 rings (SSSR count). The van der Waals surface area contributed by atoms with Crippen LogP contribution in [0.15, 0.2) is 84.9 Å². The number of rotatable bonds is 6. The Kier molecular flexibility index (Phi) is 5.94. The first-order chi connectivity index (χ1) is 15.4. The molecule has 0 radical (unpaired) electrons. The van der Waals surface area contributed by atoms with Crippen LogP contribution in [-0.2, 0) is 0 Å². The van der Waals surface area contributed by atoms with Gasteiger partial charge in [0.25, 0.3) is 0 Å². The summed E-state index contributed by atoms with van der Waals surface area (Å²) in [7, 11) is 0. The van der Waals surface area contributed by atoms with Crippen molar-refractivity contribution in [3.8, 4) is 28.1 Å². The van der Waals surface area contributed by atoms with Crippen molar-refractivity contribution in [3.05, 3.63) is 84.9 Å². The van der Waals surface area contributed by atoms with Crippen molar-refractivity contribution < 1.29 is 4.74 Å². The minimum atomic E-state index is 0.729. The molecule has 0 unspecified atom stereocenters. The third-order valence-corrected chi connectivity index (χ3v) is 6.04. The molecule has 3 nitrogen and oxygen atoms in total. The molecule has 3 heteroatoms. The van der Waals surface area contributed by atoms with Crippen LogP contribution in [-0.4, -0.2) is 36.1 Å². The van der Waals surface area contributed by atoms with E-state index in [1.165, 1.54) is 37.9 Å². The molecule has 0 amide bonds. The number of benzene rings is 3. The zero-order valence-electron chi connectivity index (χ0n) is 17.8. The van der Waals surface area contributed by atoms with Crippen molar-refractivity contribution >= 4 is 10.9 Å². The van der Waals surface area contributed by atoms with Gasteiger partial charge in [0, 0.05) is 23.1 Å². The predicted octanol–water partition coefficient (Wildman–Crippen LogP) is 6.43. The molecule has 0 bridgehead atoms. The van der Waals surface area contributed by atoms with E-state index in [2.05, 4.69) is 77.7 Å². The average Bonchev–Trinajstić information content (AvgIpc) is 2.85. The lowest BCUT2D eigenvalue weighted by molar-refractivity contribution is 0.183. The Labute approximate surface area is 184 Å². The van der Waals surface area contributed by atoms with E-state index in [9.17, 15) is 0 Å². The van der Waals surface area contributed by atoms with Gasteiger partial charge in [0.1, 0.15) is 12.4 Å². The molecule has 1 fully saturated rings. The fourth-order valence-electron chi connectivity index (χ4n) is 4.37. The first-order valence-electron chi connectivity index (χ1n) is 11.3. The lowest BCUT2D eigenvalue weighted by Crippen LogP contribution is -2.33. The summed E-state index contributed by atoms with van der Waals surface area (Å²) in [6.07, 6.45) is 3.99. The Bertz CT molecular complexity index is 1140. The fraction of sp³-hybridized carbons (Fsp3) is 0.250. The van der Waals surface area contributed by atoms with Crippen LogP contribution in [0.2, 0.25) is 0 Å². The molecule has 1 aromatic heterocycles. The maximum atomic E-state index is 6.11. The SMILES string of the molecule is c1ccc(-c2cc3cc(OCCN4CCCCC4)ccc3nc2-c2ccccc2)cc1. The van der Waals surface area contributed by atoms with Crippen molar-refractivity contribution in [2.45, 2.75) is 19.3 Å². The second-order valence-corrected chi connectivity index (χ2v) is 8.22.